The van der Waals surface area contributed by atoms with Crippen LogP contribution in [-0.4, -0.2) is 64.7 Å². The summed E-state index contributed by atoms with van der Waals surface area (Å²) in [5.74, 6) is -0.469. The number of anilines is 2. The lowest BCUT2D eigenvalue weighted by Crippen LogP contribution is -2.52. The zero-order valence-electron chi connectivity index (χ0n) is 23.4. The summed E-state index contributed by atoms with van der Waals surface area (Å²) in [5.41, 5.74) is 2.50. The van der Waals surface area contributed by atoms with Crippen molar-refractivity contribution in [1.82, 2.24) is 14.8 Å². The number of hydrogen-bond acceptors (Lipinski definition) is 9. The van der Waals surface area contributed by atoms with Gasteiger partial charge in [0.25, 0.3) is 5.69 Å². The number of piperazine rings is 1. The minimum Gasteiger partial charge on any atom is -0.491 e. The molecule has 0 amide bonds. The maximum Gasteiger partial charge on any atom is 0.292 e. The average molecular weight is 626 g/mol. The highest BCUT2D eigenvalue weighted by atomic mass is 35.5. The third-order valence-electron chi connectivity index (χ3n) is 7.69. The van der Waals surface area contributed by atoms with E-state index in [0.717, 1.165) is 12.2 Å². The lowest BCUT2D eigenvalue weighted by atomic mass is 10.1. The van der Waals surface area contributed by atoms with E-state index in [1.54, 1.807) is 41.3 Å². The number of aromatic nitrogens is 3. The van der Waals surface area contributed by atoms with Crippen molar-refractivity contribution in [2.45, 2.75) is 31.4 Å². The van der Waals surface area contributed by atoms with E-state index in [9.17, 15) is 10.1 Å². The van der Waals surface area contributed by atoms with Crippen molar-refractivity contribution in [1.29, 1.82) is 0 Å². The molecule has 0 N–H and O–H groups in total. The quantitative estimate of drug-likeness (QED) is 0.175. The molecule has 2 fully saturated rings. The third kappa shape index (κ3) is 6.25. The fourth-order valence-corrected chi connectivity index (χ4v) is 6.20. The minimum atomic E-state index is -1.17. The van der Waals surface area contributed by atoms with Crippen molar-refractivity contribution in [2.24, 2.45) is 0 Å². The Hall–Kier alpha value is -3.90. The Bertz CT molecular complexity index is 1570. The normalized spacial score (nSPS) is 22.1. The van der Waals surface area contributed by atoms with Gasteiger partial charge in [-0.05, 0) is 49.4 Å². The Balaban J connectivity index is 1.08. The van der Waals surface area contributed by atoms with E-state index in [4.69, 9.17) is 37.4 Å². The number of ether oxygens (including phenoxy) is 3. The van der Waals surface area contributed by atoms with Gasteiger partial charge in [-0.1, -0.05) is 41.4 Å². The largest absolute Gasteiger partial charge is 0.491 e. The van der Waals surface area contributed by atoms with Crippen LogP contribution in [0, 0.1) is 10.1 Å². The number of hydrogen-bond donors (Lipinski definition) is 0. The highest BCUT2D eigenvalue weighted by Gasteiger charge is 2.45. The van der Waals surface area contributed by atoms with Gasteiger partial charge in [0.1, 0.15) is 43.3 Å². The highest BCUT2D eigenvalue weighted by Crippen LogP contribution is 2.40. The summed E-state index contributed by atoms with van der Waals surface area (Å²) >= 11 is 12.7. The number of benzene rings is 3. The Morgan fingerprint density at radius 2 is 1.93 bits per heavy atom. The van der Waals surface area contributed by atoms with Crippen molar-refractivity contribution >= 4 is 40.3 Å². The average Bonchev–Trinajstić information content (AvgIpc) is 3.67. The molecule has 0 radical (unpaired) electrons. The van der Waals surface area contributed by atoms with Gasteiger partial charge in [0, 0.05) is 48.0 Å². The molecular formula is C30H30Cl2N6O5. The van der Waals surface area contributed by atoms with E-state index in [0.29, 0.717) is 46.7 Å². The topological polar surface area (TPSA) is 108 Å². The molecule has 0 bridgehead atoms. The lowest BCUT2D eigenvalue weighted by molar-refractivity contribution is -0.384. The van der Waals surface area contributed by atoms with E-state index in [1.165, 1.54) is 6.33 Å². The second kappa shape index (κ2) is 12.4. The van der Waals surface area contributed by atoms with Crippen molar-refractivity contribution in [2.75, 3.05) is 42.6 Å². The summed E-state index contributed by atoms with van der Waals surface area (Å²) in [5, 5.41) is 16.7. The van der Waals surface area contributed by atoms with Crippen molar-refractivity contribution < 1.29 is 19.1 Å². The molecule has 0 aliphatic carbocycles. The molecular weight excluding hydrogens is 595 g/mol. The predicted molar refractivity (Wildman–Crippen MR) is 163 cm³/mol. The Morgan fingerprint density at radius 3 is 2.65 bits per heavy atom. The van der Waals surface area contributed by atoms with E-state index in [1.807, 2.05) is 36.4 Å². The zero-order chi connectivity index (χ0) is 30.0. The Kier molecular flexibility index (Phi) is 8.40. The van der Waals surface area contributed by atoms with Gasteiger partial charge in [-0.3, -0.25) is 10.1 Å². The van der Waals surface area contributed by atoms with Crippen LogP contribution in [0.2, 0.25) is 10.0 Å². The van der Waals surface area contributed by atoms with Gasteiger partial charge in [-0.25, -0.2) is 9.67 Å². The van der Waals surface area contributed by atoms with Crippen LogP contribution in [-0.2, 0) is 21.8 Å². The Labute approximate surface area is 258 Å². The summed E-state index contributed by atoms with van der Waals surface area (Å²) in [7, 11) is 0. The highest BCUT2D eigenvalue weighted by molar-refractivity contribution is 6.35. The summed E-state index contributed by atoms with van der Waals surface area (Å²) < 4.78 is 20.4. The van der Waals surface area contributed by atoms with Crippen LogP contribution >= 0.6 is 23.2 Å². The van der Waals surface area contributed by atoms with Crippen molar-refractivity contribution in [3.63, 3.8) is 0 Å². The summed E-state index contributed by atoms with van der Waals surface area (Å²) in [6.45, 7) is 5.05. The molecule has 3 atom stereocenters. The van der Waals surface area contributed by atoms with Gasteiger partial charge in [-0.2, -0.15) is 5.10 Å². The van der Waals surface area contributed by atoms with E-state index >= 15 is 0 Å². The van der Waals surface area contributed by atoms with Crippen LogP contribution in [0.3, 0.4) is 0 Å². The zero-order valence-corrected chi connectivity index (χ0v) is 24.9. The molecule has 13 heteroatoms. The van der Waals surface area contributed by atoms with Gasteiger partial charge in [0.2, 0.25) is 5.79 Å². The molecule has 1 unspecified atom stereocenters. The predicted octanol–water partition coefficient (Wildman–Crippen LogP) is 5.56. The molecule has 3 aromatic carbocycles. The van der Waals surface area contributed by atoms with Crippen LogP contribution in [0.25, 0.3) is 0 Å². The molecule has 4 aromatic rings. The van der Waals surface area contributed by atoms with Gasteiger partial charge in [0.15, 0.2) is 0 Å². The molecule has 6 rings (SSSR count). The lowest BCUT2D eigenvalue weighted by Gasteiger charge is -2.42. The van der Waals surface area contributed by atoms with E-state index in [-0.39, 0.29) is 35.9 Å². The third-order valence-corrected chi connectivity index (χ3v) is 8.24. The van der Waals surface area contributed by atoms with E-state index < -0.39 is 5.79 Å². The number of nitro groups is 1. The summed E-state index contributed by atoms with van der Waals surface area (Å²) in [4.78, 5) is 19.6. The smallest absolute Gasteiger partial charge is 0.292 e. The molecule has 2 aliphatic heterocycles. The standard InChI is InChI=1S/C30H30Cl2N6O5/c1-21-15-35(28-4-2-3-5-29(28)38(39)40)12-13-37(21)23-7-9-24(10-8-23)41-16-25-17-42-30(43-25,18-36-20-33-19-34-36)26-11-6-22(31)14-27(26)32/h2-11,14,19-21,25H,12-13,15-18H2,1H3/t21?,25-,30-/m1/s1. The van der Waals surface area contributed by atoms with Gasteiger partial charge < -0.3 is 24.0 Å². The number of nitro benzene ring substituents is 1. The minimum absolute atomic E-state index is 0.133. The number of nitrogens with zero attached hydrogens (tertiary/aromatic N) is 6. The Morgan fingerprint density at radius 1 is 1.12 bits per heavy atom. The van der Waals surface area contributed by atoms with Crippen LogP contribution in [0.4, 0.5) is 17.1 Å². The maximum atomic E-state index is 11.5. The molecule has 0 saturated carbocycles. The van der Waals surface area contributed by atoms with Gasteiger partial charge >= 0.3 is 0 Å². The van der Waals surface area contributed by atoms with Crippen molar-refractivity contribution in [3.05, 3.63) is 105 Å². The SMILES string of the molecule is CC1CN(c2ccccc2[N+](=O)[O-])CCN1c1ccc(OC[C@@H]2CO[C@@](Cn3cncn3)(c3ccc(Cl)cc3Cl)O2)cc1. The molecule has 3 heterocycles. The number of rotatable bonds is 9. The monoisotopic (exact) mass is 624 g/mol. The van der Waals surface area contributed by atoms with Crippen LogP contribution in [0.1, 0.15) is 12.5 Å². The number of para-hydroxylation sites is 2. The second-order valence-corrected chi connectivity index (χ2v) is 11.4. The second-order valence-electron chi connectivity index (χ2n) is 10.6. The summed E-state index contributed by atoms with van der Waals surface area (Å²) in [6, 6.07) is 20.2. The summed E-state index contributed by atoms with van der Waals surface area (Å²) in [6.07, 6.45) is 2.69. The molecule has 224 valence electrons. The maximum absolute atomic E-state index is 11.5. The molecule has 0 spiro atoms. The molecule has 2 aliphatic rings. The van der Waals surface area contributed by atoms with Crippen LogP contribution in [0.15, 0.2) is 79.4 Å². The van der Waals surface area contributed by atoms with Crippen LogP contribution < -0.4 is 14.5 Å². The van der Waals surface area contributed by atoms with Gasteiger partial charge in [-0.15, -0.1) is 0 Å². The first-order valence-electron chi connectivity index (χ1n) is 13.9. The molecule has 11 nitrogen and oxygen atoms in total. The molecule has 1 aromatic heterocycles. The first-order valence-corrected chi connectivity index (χ1v) is 14.6. The first kappa shape index (κ1) is 29.2. The fraction of sp³-hybridized carbons (Fsp3) is 0.333. The van der Waals surface area contributed by atoms with Crippen LogP contribution in [0.5, 0.6) is 5.75 Å². The first-order chi connectivity index (χ1) is 20.8. The number of halogens is 2. The van der Waals surface area contributed by atoms with E-state index in [2.05, 4.69) is 26.8 Å². The van der Waals surface area contributed by atoms with Crippen molar-refractivity contribution in [3.8, 4) is 5.75 Å². The molecule has 2 saturated heterocycles. The van der Waals surface area contributed by atoms with Gasteiger partial charge in [0.05, 0.1) is 16.6 Å². The fourth-order valence-electron chi connectivity index (χ4n) is 5.65. The molecule has 43 heavy (non-hydrogen) atoms.